The molecule has 1 radical (unpaired) electrons. The predicted octanol–water partition coefficient (Wildman–Crippen LogP) is 11.0. The summed E-state index contributed by atoms with van der Waals surface area (Å²) in [6, 6.07) is 47.4. The molecule has 6 nitrogen and oxygen atoms in total. The summed E-state index contributed by atoms with van der Waals surface area (Å²) in [6.07, 6.45) is 3.75. The number of aromatic amines is 2. The molecule has 3 N–H and O–H groups in total. The van der Waals surface area contributed by atoms with Crippen molar-refractivity contribution in [3.05, 3.63) is 157 Å². The lowest BCUT2D eigenvalue weighted by Gasteiger charge is -2.24. The van der Waals surface area contributed by atoms with E-state index in [1.165, 1.54) is 0 Å². The zero-order chi connectivity index (χ0) is 34.5. The van der Waals surface area contributed by atoms with Gasteiger partial charge in [-0.15, -0.1) is 5.10 Å². The van der Waals surface area contributed by atoms with Gasteiger partial charge in [0, 0.05) is 34.0 Å². The van der Waals surface area contributed by atoms with Crippen LogP contribution < -0.4 is 0 Å². The molecular weight excluding hydrogens is 627 g/mol. The maximum atomic E-state index is 11.9. The standard InChI is InChI=1S/C45H32N5O/c1-27-24-38(33-17-7-8-18-34(33)39-25-46-49-45(39)37-20-10-9-19-35(37)40-26-47-50-48-40)44(43-32-16-6-4-13-30(32)22-23-41(43)51)42(28(27)2)36-21-11-14-29-12-3-5-15-31(29)36/h3-23,25-26,51H,1-2H3,(H,46,49)(H,47,48,50). The van der Waals surface area contributed by atoms with Crippen molar-refractivity contribution in [2.24, 2.45) is 0 Å². The highest BCUT2D eigenvalue weighted by Gasteiger charge is 2.26. The molecule has 0 bridgehead atoms. The van der Waals surface area contributed by atoms with Gasteiger partial charge in [-0.2, -0.15) is 5.10 Å². The van der Waals surface area contributed by atoms with Crippen LogP contribution in [0.3, 0.4) is 0 Å². The average Bonchev–Trinajstić information content (AvgIpc) is 3.90. The number of nitrogens with one attached hydrogen (secondary N) is 2. The van der Waals surface area contributed by atoms with Crippen LogP contribution in [0.25, 0.3) is 88.6 Å². The number of H-pyrrole nitrogens is 2. The van der Waals surface area contributed by atoms with Crippen LogP contribution in [0.5, 0.6) is 5.75 Å². The van der Waals surface area contributed by atoms with Gasteiger partial charge in [0.25, 0.3) is 0 Å². The van der Waals surface area contributed by atoms with Crippen LogP contribution in [0.1, 0.15) is 11.1 Å². The van der Waals surface area contributed by atoms with E-state index in [-0.39, 0.29) is 5.75 Å². The molecular formula is C45H32N5O. The molecule has 0 aliphatic heterocycles. The molecule has 2 heterocycles. The number of benzene rings is 7. The summed E-state index contributed by atoms with van der Waals surface area (Å²) in [4.78, 5) is 0. The third kappa shape index (κ3) is 4.99. The van der Waals surface area contributed by atoms with E-state index in [1.54, 1.807) is 6.20 Å². The van der Waals surface area contributed by atoms with Gasteiger partial charge in [-0.05, 0) is 86.5 Å². The van der Waals surface area contributed by atoms with Crippen LogP contribution in [0, 0.1) is 19.9 Å². The van der Waals surface area contributed by atoms with Crippen LogP contribution in [-0.2, 0) is 0 Å². The largest absolute Gasteiger partial charge is 0.507 e. The number of nitrogens with zero attached hydrogens (tertiary/aromatic N) is 3. The van der Waals surface area contributed by atoms with E-state index in [2.05, 4.69) is 125 Å². The Morgan fingerprint density at radius 3 is 1.96 bits per heavy atom. The highest BCUT2D eigenvalue weighted by atomic mass is 16.3. The van der Waals surface area contributed by atoms with Gasteiger partial charge in [-0.25, -0.2) is 0 Å². The van der Waals surface area contributed by atoms with Crippen LogP contribution >= 0.6 is 0 Å². The first-order valence-corrected chi connectivity index (χ1v) is 16.9. The van der Waals surface area contributed by atoms with Crippen molar-refractivity contribution in [2.45, 2.75) is 13.8 Å². The van der Waals surface area contributed by atoms with Crippen LogP contribution in [0.2, 0.25) is 0 Å². The second-order valence-corrected chi connectivity index (χ2v) is 12.8. The van der Waals surface area contributed by atoms with E-state index in [1.807, 2.05) is 48.7 Å². The fraction of sp³-hybridized carbons (Fsp3) is 0.0444. The van der Waals surface area contributed by atoms with Gasteiger partial charge in [-0.1, -0.05) is 127 Å². The quantitative estimate of drug-likeness (QED) is 0.166. The van der Waals surface area contributed by atoms with Crippen LogP contribution in [0.15, 0.2) is 140 Å². The first-order valence-electron chi connectivity index (χ1n) is 16.9. The van der Waals surface area contributed by atoms with Crippen molar-refractivity contribution in [2.75, 3.05) is 0 Å². The van der Waals surface area contributed by atoms with Gasteiger partial charge in [0.15, 0.2) is 0 Å². The van der Waals surface area contributed by atoms with Crippen LogP contribution in [-0.4, -0.2) is 30.7 Å². The molecule has 7 aromatic carbocycles. The van der Waals surface area contributed by atoms with Crippen LogP contribution in [0.4, 0.5) is 0 Å². The lowest BCUT2D eigenvalue weighted by molar-refractivity contribution is 0.478. The summed E-state index contributed by atoms with van der Waals surface area (Å²) in [5.41, 5.74) is 13.2. The lowest BCUT2D eigenvalue weighted by atomic mass is 9.79. The zero-order valence-electron chi connectivity index (χ0n) is 28.1. The predicted molar refractivity (Wildman–Crippen MR) is 206 cm³/mol. The van der Waals surface area contributed by atoms with Gasteiger partial charge >= 0.3 is 0 Å². The molecule has 243 valence electrons. The smallest absolute Gasteiger partial charge is 0.124 e. The van der Waals surface area contributed by atoms with E-state index >= 15 is 0 Å². The van der Waals surface area contributed by atoms with Crippen molar-refractivity contribution in [1.29, 1.82) is 0 Å². The Morgan fingerprint density at radius 2 is 1.18 bits per heavy atom. The Labute approximate surface area is 295 Å². The number of aromatic hydroxyl groups is 1. The van der Waals surface area contributed by atoms with E-state index in [0.29, 0.717) is 0 Å². The molecule has 9 rings (SSSR count). The molecule has 2 aromatic heterocycles. The second-order valence-electron chi connectivity index (χ2n) is 12.8. The highest BCUT2D eigenvalue weighted by molar-refractivity contribution is 6.12. The maximum absolute atomic E-state index is 11.9. The summed E-state index contributed by atoms with van der Waals surface area (Å²) < 4.78 is 0. The molecule has 0 saturated heterocycles. The van der Waals surface area contributed by atoms with Crippen molar-refractivity contribution in [3.8, 4) is 72.8 Å². The van der Waals surface area contributed by atoms with Crippen molar-refractivity contribution < 1.29 is 5.11 Å². The molecule has 0 unspecified atom stereocenters. The van der Waals surface area contributed by atoms with Gasteiger partial charge in [-0.3, -0.25) is 10.2 Å². The van der Waals surface area contributed by atoms with E-state index in [9.17, 15) is 5.11 Å². The highest BCUT2D eigenvalue weighted by Crippen LogP contribution is 2.51. The molecule has 0 spiro atoms. The monoisotopic (exact) mass is 658 g/mol. The Kier molecular flexibility index (Phi) is 7.29. The summed E-state index contributed by atoms with van der Waals surface area (Å²) in [5, 5.41) is 35.3. The molecule has 0 saturated carbocycles. The number of aromatic nitrogens is 5. The summed E-state index contributed by atoms with van der Waals surface area (Å²) in [6.45, 7) is 4.29. The molecule has 6 heteroatoms. The first kappa shape index (κ1) is 30.3. The lowest BCUT2D eigenvalue weighted by Crippen LogP contribution is -2.00. The minimum absolute atomic E-state index is 0.219. The number of fused-ring (bicyclic) bond motifs is 2. The second kappa shape index (κ2) is 12.3. The first-order chi connectivity index (χ1) is 25.1. The normalized spacial score (nSPS) is 11.4. The Balaban J connectivity index is 1.39. The SMILES string of the molecule is Cc1[c]c(-c2ccccc2-c2c[nH]nc2-c2ccccc2-c2c[nH]nn2)c(-c2c(O)ccc3ccccc23)c(-c2cccc3ccccc23)c1C. The molecule has 9 aromatic rings. The Hall–Kier alpha value is -6.79. The fourth-order valence-electron chi connectivity index (χ4n) is 7.48. The summed E-state index contributed by atoms with van der Waals surface area (Å²) in [7, 11) is 0. The van der Waals surface area contributed by atoms with Crippen molar-refractivity contribution in [3.63, 3.8) is 0 Å². The van der Waals surface area contributed by atoms with E-state index < -0.39 is 0 Å². The maximum Gasteiger partial charge on any atom is 0.124 e. The van der Waals surface area contributed by atoms with Gasteiger partial charge in [0.1, 0.15) is 17.1 Å². The molecule has 0 amide bonds. The van der Waals surface area contributed by atoms with Crippen molar-refractivity contribution in [1.82, 2.24) is 25.6 Å². The number of aryl methyl sites for hydroxylation is 1. The third-order valence-corrected chi connectivity index (χ3v) is 9.97. The number of rotatable bonds is 6. The van der Waals surface area contributed by atoms with E-state index in [4.69, 9.17) is 5.10 Å². The third-order valence-electron chi connectivity index (χ3n) is 9.97. The minimum Gasteiger partial charge on any atom is -0.507 e. The van der Waals surface area contributed by atoms with E-state index in [0.717, 1.165) is 99.7 Å². The topological polar surface area (TPSA) is 90.5 Å². The number of phenols is 1. The number of hydrogen-bond acceptors (Lipinski definition) is 4. The fourth-order valence-corrected chi connectivity index (χ4v) is 7.48. The summed E-state index contributed by atoms with van der Waals surface area (Å²) >= 11 is 0. The Bertz CT molecular complexity index is 2740. The molecule has 0 aliphatic carbocycles. The average molecular weight is 659 g/mol. The number of phenolic OH excluding ortho intramolecular Hbond substituents is 1. The van der Waals surface area contributed by atoms with Gasteiger partial charge < -0.3 is 5.11 Å². The molecule has 0 fully saturated rings. The molecule has 51 heavy (non-hydrogen) atoms. The molecule has 0 aliphatic rings. The number of hydrogen-bond donors (Lipinski definition) is 3. The molecule has 0 atom stereocenters. The van der Waals surface area contributed by atoms with Gasteiger partial charge in [0.05, 0.1) is 6.20 Å². The Morgan fingerprint density at radius 1 is 0.529 bits per heavy atom. The zero-order valence-corrected chi connectivity index (χ0v) is 28.1. The van der Waals surface area contributed by atoms with Gasteiger partial charge in [0.2, 0.25) is 0 Å². The minimum atomic E-state index is 0.219. The summed E-state index contributed by atoms with van der Waals surface area (Å²) in [5.74, 6) is 0.219. The van der Waals surface area contributed by atoms with Crippen molar-refractivity contribution >= 4 is 21.5 Å².